The van der Waals surface area contributed by atoms with Gasteiger partial charge in [0.15, 0.2) is 0 Å². The van der Waals surface area contributed by atoms with Crippen molar-refractivity contribution in [1.29, 1.82) is 0 Å². The van der Waals surface area contributed by atoms with Gasteiger partial charge in [0.1, 0.15) is 4.90 Å². The number of rotatable bonds is 1. The maximum atomic E-state index is 10.2. The van der Waals surface area contributed by atoms with Crippen LogP contribution < -0.4 is 29.6 Å². The molecule has 0 bridgehead atoms. The van der Waals surface area contributed by atoms with Crippen LogP contribution in [0.2, 0.25) is 0 Å². The predicted octanol–water partition coefficient (Wildman–Crippen LogP) is -2.62. The number of aromatic nitrogens is 1. The minimum atomic E-state index is -3.99. The molecule has 1 heterocycles. The van der Waals surface area contributed by atoms with Crippen molar-refractivity contribution in [2.75, 3.05) is 0 Å². The molecule has 0 saturated carbocycles. The first-order valence-corrected chi connectivity index (χ1v) is 3.65. The zero-order valence-electron chi connectivity index (χ0n) is 6.40. The van der Waals surface area contributed by atoms with Crippen LogP contribution in [-0.2, 0) is 10.1 Å². The van der Waals surface area contributed by atoms with Gasteiger partial charge < -0.3 is 6.41 Å². The van der Waals surface area contributed by atoms with E-state index in [-0.39, 0.29) is 35.9 Å². The number of H-pyrrole nitrogens is 1. The van der Waals surface area contributed by atoms with Gasteiger partial charge in [0.25, 0.3) is 10.1 Å². The van der Waals surface area contributed by atoms with Crippen LogP contribution in [0.25, 0.3) is 0 Å². The Morgan fingerprint density at radius 2 is 2.20 bits per heavy atom. The zero-order chi connectivity index (χ0) is 6.91. The monoisotopic (exact) mass is 171 g/mol. The molecule has 0 aliphatic carbocycles. The van der Waals surface area contributed by atoms with E-state index in [9.17, 15) is 8.42 Å². The molecule has 2 N–H and O–H groups in total. The van der Waals surface area contributed by atoms with Crippen LogP contribution in [0.4, 0.5) is 0 Å². The Labute approximate surface area is 82.2 Å². The smallest absolute Gasteiger partial charge is 1.00 e. The summed E-state index contributed by atoms with van der Waals surface area (Å²) in [5.74, 6) is 0. The van der Waals surface area contributed by atoms with Crippen molar-refractivity contribution in [3.05, 3.63) is 18.5 Å². The summed E-state index contributed by atoms with van der Waals surface area (Å²) >= 11 is 0. The fourth-order valence-corrected chi connectivity index (χ4v) is 0.926. The molecule has 0 aromatic carbocycles. The molecule has 0 atom stereocenters. The van der Waals surface area contributed by atoms with Gasteiger partial charge in [0.2, 0.25) is 0 Å². The van der Waals surface area contributed by atoms with Gasteiger partial charge in [-0.05, 0) is 6.07 Å². The van der Waals surface area contributed by atoms with Crippen LogP contribution in [0.1, 0.15) is 1.43 Å². The van der Waals surface area contributed by atoms with Gasteiger partial charge >= 0.3 is 29.6 Å². The summed E-state index contributed by atoms with van der Waals surface area (Å²) in [6.07, 6.45) is 2.62. The number of aromatic amines is 1. The van der Waals surface area contributed by atoms with Gasteiger partial charge in [0.05, 0.1) is 0 Å². The molecule has 52 valence electrons. The molecule has 10 heavy (non-hydrogen) atoms. The van der Waals surface area contributed by atoms with E-state index < -0.39 is 10.1 Å². The molecule has 0 saturated heterocycles. The molecule has 0 aliphatic heterocycles. The fourth-order valence-electron chi connectivity index (χ4n) is 0.469. The number of hydrogen-bond acceptors (Lipinski definition) is 2. The molecule has 1 aromatic heterocycles. The Balaban J connectivity index is 0. The zero-order valence-corrected chi connectivity index (χ0v) is 8.22. The predicted molar refractivity (Wildman–Crippen MR) is 31.7 cm³/mol. The van der Waals surface area contributed by atoms with Crippen molar-refractivity contribution in [3.8, 4) is 0 Å². The van der Waals surface area contributed by atoms with Crippen molar-refractivity contribution in [2.45, 2.75) is 4.90 Å². The molecule has 1 aromatic rings. The molecule has 6 heteroatoms. The molecule has 1 rings (SSSR count). The van der Waals surface area contributed by atoms with E-state index in [1.54, 1.807) is 0 Å². The van der Waals surface area contributed by atoms with Gasteiger partial charge in [0, 0.05) is 12.4 Å². The Morgan fingerprint density at radius 3 is 2.40 bits per heavy atom. The maximum absolute atomic E-state index is 10.2. The van der Waals surface area contributed by atoms with Crippen molar-refractivity contribution < 1.29 is 44.0 Å². The van der Waals surface area contributed by atoms with E-state index >= 15 is 0 Å². The van der Waals surface area contributed by atoms with E-state index in [0.717, 1.165) is 0 Å². The van der Waals surface area contributed by atoms with Crippen LogP contribution >= 0.6 is 0 Å². The molecule has 0 spiro atoms. The van der Waals surface area contributed by atoms with E-state index in [0.29, 0.717) is 0 Å². The van der Waals surface area contributed by atoms with Crippen molar-refractivity contribution in [3.63, 3.8) is 0 Å². The van der Waals surface area contributed by atoms with E-state index in [1.807, 2.05) is 0 Å². The minimum Gasteiger partial charge on any atom is -1.00 e. The molecule has 0 amide bonds. The standard InChI is InChI=1S/C4H5NO3S.Na.H/c6-9(7,8)4-1-2-5-3-4;;/h1-3,5H,(H,6,7,8);;/q;+1;-1. The molecule has 0 unspecified atom stereocenters. The van der Waals surface area contributed by atoms with Crippen LogP contribution in [0.3, 0.4) is 0 Å². The Morgan fingerprint density at radius 1 is 1.60 bits per heavy atom. The topological polar surface area (TPSA) is 70.2 Å². The Bertz CT molecular complexity index is 282. The molecule has 0 radical (unpaired) electrons. The second kappa shape index (κ2) is 3.54. The Hall–Kier alpha value is 0.190. The summed E-state index contributed by atoms with van der Waals surface area (Å²) in [6.45, 7) is 0. The maximum Gasteiger partial charge on any atom is 1.00 e. The van der Waals surface area contributed by atoms with Crippen LogP contribution in [0.15, 0.2) is 23.4 Å². The van der Waals surface area contributed by atoms with Gasteiger partial charge in [-0.1, -0.05) is 0 Å². The first-order valence-electron chi connectivity index (χ1n) is 2.21. The summed E-state index contributed by atoms with van der Waals surface area (Å²) < 4.78 is 28.8. The molecule has 0 aliphatic rings. The van der Waals surface area contributed by atoms with E-state index in [2.05, 4.69) is 4.98 Å². The average Bonchev–Trinajstić information content (AvgIpc) is 2.08. The van der Waals surface area contributed by atoms with Crippen LogP contribution in [-0.4, -0.2) is 18.0 Å². The normalized spacial score (nSPS) is 10.5. The first kappa shape index (κ1) is 10.2. The Kier molecular flexibility index (Phi) is 3.61. The molecular formula is C4H6NNaO3S. The molecule has 0 fully saturated rings. The average molecular weight is 171 g/mol. The van der Waals surface area contributed by atoms with Crippen LogP contribution in [0, 0.1) is 0 Å². The van der Waals surface area contributed by atoms with E-state index in [4.69, 9.17) is 4.55 Å². The quantitative estimate of drug-likeness (QED) is 0.359. The third kappa shape index (κ3) is 2.43. The van der Waals surface area contributed by atoms with Gasteiger partial charge in [-0.2, -0.15) is 8.42 Å². The second-order valence-corrected chi connectivity index (χ2v) is 2.94. The summed E-state index contributed by atoms with van der Waals surface area (Å²) in [6, 6.07) is 1.27. The second-order valence-electron chi connectivity index (χ2n) is 1.52. The van der Waals surface area contributed by atoms with Crippen molar-refractivity contribution >= 4 is 10.1 Å². The summed E-state index contributed by atoms with van der Waals surface area (Å²) in [4.78, 5) is 2.39. The minimum absolute atomic E-state index is 0. The third-order valence-electron chi connectivity index (χ3n) is 0.867. The molecular weight excluding hydrogens is 165 g/mol. The van der Waals surface area contributed by atoms with Crippen LogP contribution in [0.5, 0.6) is 0 Å². The van der Waals surface area contributed by atoms with Crippen molar-refractivity contribution in [1.82, 2.24) is 4.98 Å². The third-order valence-corrected chi connectivity index (χ3v) is 1.72. The van der Waals surface area contributed by atoms with Crippen molar-refractivity contribution in [2.24, 2.45) is 0 Å². The SMILES string of the molecule is O=S(=O)(O)c1cc[nH]c1.[H-].[Na+]. The summed E-state index contributed by atoms with van der Waals surface area (Å²) in [7, 11) is -3.99. The van der Waals surface area contributed by atoms with Gasteiger partial charge in [-0.25, -0.2) is 0 Å². The number of nitrogens with one attached hydrogen (secondary N) is 1. The fraction of sp³-hybridized carbons (Fsp3) is 0. The van der Waals surface area contributed by atoms with E-state index in [1.165, 1.54) is 18.5 Å². The molecule has 4 nitrogen and oxygen atoms in total. The summed E-state index contributed by atoms with van der Waals surface area (Å²) in [5.41, 5.74) is 0. The number of hydrogen-bond donors (Lipinski definition) is 2. The van der Waals surface area contributed by atoms with Gasteiger partial charge in [-0.3, -0.25) is 4.55 Å². The summed E-state index contributed by atoms with van der Waals surface area (Å²) in [5, 5.41) is 0. The first-order chi connectivity index (χ1) is 4.11. The van der Waals surface area contributed by atoms with Gasteiger partial charge in [-0.15, -0.1) is 0 Å². The largest absolute Gasteiger partial charge is 1.00 e.